The summed E-state index contributed by atoms with van der Waals surface area (Å²) in [6, 6.07) is 0. The van der Waals surface area contributed by atoms with Crippen molar-refractivity contribution in [2.45, 2.75) is 24.3 Å². The molecule has 0 aromatic rings. The Morgan fingerprint density at radius 1 is 1.56 bits per heavy atom. The SMILES string of the molecule is O=S([O-])C1(F)CCC1.[Na+]. The number of rotatable bonds is 1. The quantitative estimate of drug-likeness (QED) is 0.320. The molecule has 0 bridgehead atoms. The Hall–Kier alpha value is 1.04. The van der Waals surface area contributed by atoms with Gasteiger partial charge < -0.3 is 4.55 Å². The van der Waals surface area contributed by atoms with E-state index in [1.165, 1.54) is 0 Å². The van der Waals surface area contributed by atoms with Crippen molar-refractivity contribution in [3.05, 3.63) is 0 Å². The number of halogens is 1. The fourth-order valence-corrected chi connectivity index (χ4v) is 1.24. The molecular weight excluding hydrogens is 154 g/mol. The molecule has 0 N–H and O–H groups in total. The molecule has 1 fully saturated rings. The van der Waals surface area contributed by atoms with Gasteiger partial charge in [-0.3, -0.25) is 4.21 Å². The molecule has 1 aliphatic carbocycles. The van der Waals surface area contributed by atoms with E-state index in [0.717, 1.165) is 0 Å². The third kappa shape index (κ3) is 1.98. The van der Waals surface area contributed by atoms with Crippen LogP contribution in [0.4, 0.5) is 4.39 Å². The van der Waals surface area contributed by atoms with Crippen LogP contribution in [0.25, 0.3) is 0 Å². The summed E-state index contributed by atoms with van der Waals surface area (Å²) in [5.74, 6) is 0. The molecule has 1 rings (SSSR count). The van der Waals surface area contributed by atoms with Gasteiger partial charge in [0.2, 0.25) is 0 Å². The van der Waals surface area contributed by atoms with Crippen molar-refractivity contribution < 1.29 is 42.7 Å². The van der Waals surface area contributed by atoms with Crippen molar-refractivity contribution in [3.63, 3.8) is 0 Å². The third-order valence-electron chi connectivity index (χ3n) is 1.40. The Morgan fingerprint density at radius 3 is 2.00 bits per heavy atom. The van der Waals surface area contributed by atoms with E-state index in [1.807, 2.05) is 0 Å². The van der Waals surface area contributed by atoms with E-state index in [-0.39, 0.29) is 42.4 Å². The fourth-order valence-electron chi connectivity index (χ4n) is 0.621. The Balaban J connectivity index is 0.000000640. The van der Waals surface area contributed by atoms with Gasteiger partial charge in [0.25, 0.3) is 0 Å². The minimum Gasteiger partial charge on any atom is -0.770 e. The summed E-state index contributed by atoms with van der Waals surface area (Å²) in [4.78, 5) is 0. The first-order chi connectivity index (χ1) is 3.65. The molecule has 1 atom stereocenters. The Labute approximate surface area is 77.8 Å². The fraction of sp³-hybridized carbons (Fsp3) is 1.00. The van der Waals surface area contributed by atoms with E-state index >= 15 is 0 Å². The van der Waals surface area contributed by atoms with Gasteiger partial charge in [0, 0.05) is 0 Å². The second kappa shape index (κ2) is 3.44. The van der Waals surface area contributed by atoms with Crippen molar-refractivity contribution >= 4 is 11.1 Å². The number of hydrogen-bond donors (Lipinski definition) is 0. The zero-order valence-corrected chi connectivity index (χ0v) is 8.04. The van der Waals surface area contributed by atoms with Gasteiger partial charge in [-0.1, -0.05) is 0 Å². The molecule has 1 unspecified atom stereocenters. The van der Waals surface area contributed by atoms with Crippen LogP contribution in [0.1, 0.15) is 19.3 Å². The van der Waals surface area contributed by atoms with Crippen molar-refractivity contribution in [3.8, 4) is 0 Å². The van der Waals surface area contributed by atoms with E-state index in [2.05, 4.69) is 0 Å². The molecule has 0 aromatic carbocycles. The van der Waals surface area contributed by atoms with Crippen molar-refractivity contribution in [2.75, 3.05) is 0 Å². The van der Waals surface area contributed by atoms with Gasteiger partial charge in [-0.15, -0.1) is 0 Å². The van der Waals surface area contributed by atoms with E-state index < -0.39 is 16.1 Å². The largest absolute Gasteiger partial charge is 1.00 e. The van der Waals surface area contributed by atoms with Crippen LogP contribution in [0.15, 0.2) is 0 Å². The van der Waals surface area contributed by atoms with Crippen LogP contribution in [0.5, 0.6) is 0 Å². The molecule has 5 heteroatoms. The van der Waals surface area contributed by atoms with Crippen LogP contribution < -0.4 is 29.6 Å². The Morgan fingerprint density at radius 2 is 2.00 bits per heavy atom. The smallest absolute Gasteiger partial charge is 0.770 e. The summed E-state index contributed by atoms with van der Waals surface area (Å²) in [5.41, 5.74) is 0. The maximum atomic E-state index is 12.4. The van der Waals surface area contributed by atoms with E-state index in [0.29, 0.717) is 6.42 Å². The third-order valence-corrected chi connectivity index (χ3v) is 2.40. The van der Waals surface area contributed by atoms with Crippen LogP contribution in [-0.4, -0.2) is 13.8 Å². The zero-order chi connectivity index (χ0) is 6.20. The molecule has 0 aromatic heterocycles. The second-order valence-electron chi connectivity index (χ2n) is 1.97. The predicted molar refractivity (Wildman–Crippen MR) is 26.6 cm³/mol. The van der Waals surface area contributed by atoms with Crippen LogP contribution in [0.2, 0.25) is 0 Å². The standard InChI is InChI=1S/C4H7FO2S.Na/c5-4(8(6)7)2-1-3-4;/h1-3H2,(H,6,7);/q;+1/p-1. The van der Waals surface area contributed by atoms with Gasteiger partial charge in [0.05, 0.1) is 0 Å². The molecule has 9 heavy (non-hydrogen) atoms. The average Bonchev–Trinajstić information content (AvgIpc) is 1.60. The average molecular weight is 160 g/mol. The molecule has 0 heterocycles. The summed E-state index contributed by atoms with van der Waals surface area (Å²) in [7, 11) is 0. The van der Waals surface area contributed by atoms with Crippen molar-refractivity contribution in [1.82, 2.24) is 0 Å². The molecule has 0 saturated heterocycles. The number of hydrogen-bond acceptors (Lipinski definition) is 2. The summed E-state index contributed by atoms with van der Waals surface area (Å²) < 4.78 is 32.3. The summed E-state index contributed by atoms with van der Waals surface area (Å²) in [6.45, 7) is 0. The van der Waals surface area contributed by atoms with E-state index in [1.54, 1.807) is 0 Å². The minimum atomic E-state index is -2.51. The van der Waals surface area contributed by atoms with Gasteiger partial charge in [-0.2, -0.15) is 0 Å². The van der Waals surface area contributed by atoms with Gasteiger partial charge >= 0.3 is 29.6 Å². The van der Waals surface area contributed by atoms with Crippen molar-refractivity contribution in [1.29, 1.82) is 0 Å². The van der Waals surface area contributed by atoms with E-state index in [9.17, 15) is 13.2 Å². The molecule has 0 spiro atoms. The molecular formula is C4H6FNaO2S. The zero-order valence-electron chi connectivity index (χ0n) is 5.22. The normalized spacial score (nSPS) is 25.6. The molecule has 48 valence electrons. The van der Waals surface area contributed by atoms with Crippen LogP contribution in [0, 0.1) is 0 Å². The van der Waals surface area contributed by atoms with Crippen molar-refractivity contribution in [2.24, 2.45) is 0 Å². The molecule has 0 amide bonds. The summed E-state index contributed by atoms with van der Waals surface area (Å²) in [5, 5.41) is -1.86. The monoisotopic (exact) mass is 160 g/mol. The first-order valence-corrected chi connectivity index (χ1v) is 3.51. The van der Waals surface area contributed by atoms with Gasteiger partial charge in [-0.05, 0) is 30.3 Å². The first-order valence-electron chi connectivity index (χ1n) is 2.43. The molecule has 2 nitrogen and oxygen atoms in total. The number of alkyl halides is 1. The predicted octanol–water partition coefficient (Wildman–Crippen LogP) is -2.28. The molecule has 0 aliphatic heterocycles. The second-order valence-corrected chi connectivity index (χ2v) is 3.17. The molecule has 1 saturated carbocycles. The summed E-state index contributed by atoms with van der Waals surface area (Å²) in [6.07, 6.45) is 1.07. The maximum absolute atomic E-state index is 12.4. The van der Waals surface area contributed by atoms with Gasteiger partial charge in [0.1, 0.15) is 0 Å². The molecule has 0 radical (unpaired) electrons. The van der Waals surface area contributed by atoms with Crippen LogP contribution in [-0.2, 0) is 11.1 Å². The topological polar surface area (TPSA) is 40.1 Å². The Bertz CT molecular complexity index is 126. The van der Waals surface area contributed by atoms with Crippen LogP contribution >= 0.6 is 0 Å². The first kappa shape index (κ1) is 10.0. The Kier molecular flexibility index (Phi) is 3.83. The summed E-state index contributed by atoms with van der Waals surface area (Å²) >= 11 is -2.51. The van der Waals surface area contributed by atoms with Gasteiger partial charge in [-0.25, -0.2) is 4.39 Å². The van der Waals surface area contributed by atoms with Crippen LogP contribution in [0.3, 0.4) is 0 Å². The molecule has 1 aliphatic rings. The van der Waals surface area contributed by atoms with E-state index in [4.69, 9.17) is 0 Å². The maximum Gasteiger partial charge on any atom is 1.00 e. The van der Waals surface area contributed by atoms with Gasteiger partial charge in [0.15, 0.2) is 5.00 Å². The minimum absolute atomic E-state index is 0.